The molecule has 1 aliphatic rings. The van der Waals surface area contributed by atoms with Gasteiger partial charge in [-0.05, 0) is 62.6 Å². The van der Waals surface area contributed by atoms with Gasteiger partial charge in [-0.1, -0.05) is 24.3 Å². The van der Waals surface area contributed by atoms with E-state index in [0.29, 0.717) is 22.3 Å². The summed E-state index contributed by atoms with van der Waals surface area (Å²) in [6.07, 6.45) is 0. The Morgan fingerprint density at radius 3 is 2.23 bits per heavy atom. The van der Waals surface area contributed by atoms with Crippen LogP contribution >= 0.6 is 0 Å². The molecule has 0 bridgehead atoms. The first-order valence-corrected chi connectivity index (χ1v) is 11.3. The fourth-order valence-corrected chi connectivity index (χ4v) is 5.24. The highest BCUT2D eigenvalue weighted by Crippen LogP contribution is 2.41. The standard InChI is InChI=1S/C23H23N3O4S/c1-23(2,3)25-22(28)16-10-12-17(13-11-16)24-20(27)14-26-18-8-4-6-15-7-5-9-19(21(15)18)31(26,29)30/h4-13H,14H2,1-3H3,(H,24,27)(H,25,28). The summed E-state index contributed by atoms with van der Waals surface area (Å²) in [7, 11) is -3.80. The number of benzene rings is 3. The lowest BCUT2D eigenvalue weighted by Crippen LogP contribution is -2.40. The molecule has 0 radical (unpaired) electrons. The molecule has 0 fully saturated rings. The van der Waals surface area contributed by atoms with Crippen LogP contribution in [0.3, 0.4) is 0 Å². The molecule has 3 aromatic rings. The van der Waals surface area contributed by atoms with E-state index >= 15 is 0 Å². The highest BCUT2D eigenvalue weighted by atomic mass is 32.2. The first-order valence-electron chi connectivity index (χ1n) is 9.83. The van der Waals surface area contributed by atoms with Crippen LogP contribution in [-0.2, 0) is 14.8 Å². The third-order valence-electron chi connectivity index (χ3n) is 4.89. The highest BCUT2D eigenvalue weighted by molar-refractivity contribution is 7.93. The fourth-order valence-electron chi connectivity index (χ4n) is 3.58. The Kier molecular flexibility index (Phi) is 4.97. The van der Waals surface area contributed by atoms with Gasteiger partial charge in [-0.25, -0.2) is 8.42 Å². The minimum Gasteiger partial charge on any atom is -0.347 e. The van der Waals surface area contributed by atoms with Crippen molar-refractivity contribution in [3.8, 4) is 0 Å². The Labute approximate surface area is 181 Å². The molecule has 0 aliphatic carbocycles. The topological polar surface area (TPSA) is 95.6 Å². The predicted octanol–water partition coefficient (Wildman–Crippen LogP) is 3.52. The Hall–Kier alpha value is -3.39. The Balaban J connectivity index is 1.50. The molecule has 1 heterocycles. The number of carbonyl (C=O) groups excluding carboxylic acids is 2. The third kappa shape index (κ3) is 3.98. The van der Waals surface area contributed by atoms with Gasteiger partial charge in [-0.2, -0.15) is 0 Å². The lowest BCUT2D eigenvalue weighted by molar-refractivity contribution is -0.114. The largest absolute Gasteiger partial charge is 0.347 e. The van der Waals surface area contributed by atoms with Gasteiger partial charge in [0.05, 0.1) is 10.6 Å². The first kappa shape index (κ1) is 20.9. The SMILES string of the molecule is CC(C)(C)NC(=O)c1ccc(NC(=O)CN2c3cccc4cccc(c34)S2(=O)=O)cc1. The minimum atomic E-state index is -3.80. The molecule has 4 rings (SSSR count). The Morgan fingerprint density at radius 1 is 0.935 bits per heavy atom. The van der Waals surface area contributed by atoms with Gasteiger partial charge in [0, 0.05) is 22.2 Å². The van der Waals surface area contributed by atoms with Crippen molar-refractivity contribution in [2.24, 2.45) is 0 Å². The third-order valence-corrected chi connectivity index (χ3v) is 6.69. The van der Waals surface area contributed by atoms with E-state index in [1.54, 1.807) is 48.5 Å². The summed E-state index contributed by atoms with van der Waals surface area (Å²) in [6, 6.07) is 16.9. The second kappa shape index (κ2) is 7.39. The number of hydrogen-bond donors (Lipinski definition) is 2. The Bertz CT molecular complexity index is 1290. The quantitative estimate of drug-likeness (QED) is 0.653. The Morgan fingerprint density at radius 2 is 1.58 bits per heavy atom. The summed E-state index contributed by atoms with van der Waals surface area (Å²) in [5, 5.41) is 7.02. The minimum absolute atomic E-state index is 0.209. The van der Waals surface area contributed by atoms with E-state index in [0.717, 1.165) is 9.69 Å². The van der Waals surface area contributed by atoms with Crippen molar-refractivity contribution in [2.75, 3.05) is 16.2 Å². The van der Waals surface area contributed by atoms with Crippen LogP contribution in [0.2, 0.25) is 0 Å². The average molecular weight is 438 g/mol. The molecule has 2 amide bonds. The zero-order valence-electron chi connectivity index (χ0n) is 17.5. The molecular formula is C23H23N3O4S. The summed E-state index contributed by atoms with van der Waals surface area (Å²) in [4.78, 5) is 25.1. The summed E-state index contributed by atoms with van der Waals surface area (Å²) in [6.45, 7) is 5.34. The number of rotatable bonds is 4. The van der Waals surface area contributed by atoms with Crippen LogP contribution in [0.4, 0.5) is 11.4 Å². The molecule has 0 aromatic heterocycles. The summed E-state index contributed by atoms with van der Waals surface area (Å²) >= 11 is 0. The van der Waals surface area contributed by atoms with Crippen LogP contribution in [0.1, 0.15) is 31.1 Å². The van der Waals surface area contributed by atoms with Gasteiger partial charge in [0.1, 0.15) is 6.54 Å². The van der Waals surface area contributed by atoms with Gasteiger partial charge in [-0.15, -0.1) is 0 Å². The maximum Gasteiger partial charge on any atom is 0.265 e. The van der Waals surface area contributed by atoms with Gasteiger partial charge in [0.25, 0.3) is 15.9 Å². The van der Waals surface area contributed by atoms with Gasteiger partial charge in [0.2, 0.25) is 5.91 Å². The van der Waals surface area contributed by atoms with Gasteiger partial charge in [0.15, 0.2) is 0 Å². The number of nitrogens with one attached hydrogen (secondary N) is 2. The van der Waals surface area contributed by atoms with Crippen LogP contribution in [0.5, 0.6) is 0 Å². The van der Waals surface area contributed by atoms with E-state index < -0.39 is 15.9 Å². The first-order chi connectivity index (χ1) is 14.6. The lowest BCUT2D eigenvalue weighted by atomic mass is 10.1. The molecule has 0 saturated heterocycles. The summed E-state index contributed by atoms with van der Waals surface area (Å²) < 4.78 is 27.1. The molecule has 7 nitrogen and oxygen atoms in total. The maximum atomic E-state index is 13.0. The van der Waals surface area contributed by atoms with Crippen LogP contribution in [-0.4, -0.2) is 32.3 Å². The smallest absolute Gasteiger partial charge is 0.265 e. The van der Waals surface area contributed by atoms with E-state index in [1.165, 1.54) is 0 Å². The number of hydrogen-bond acceptors (Lipinski definition) is 4. The van der Waals surface area contributed by atoms with Crippen molar-refractivity contribution >= 4 is 44.0 Å². The van der Waals surface area contributed by atoms with Gasteiger partial charge in [-0.3, -0.25) is 13.9 Å². The number of sulfonamides is 1. The van der Waals surface area contributed by atoms with Crippen molar-refractivity contribution in [2.45, 2.75) is 31.2 Å². The van der Waals surface area contributed by atoms with E-state index in [1.807, 2.05) is 32.9 Å². The normalized spacial score (nSPS) is 14.5. The maximum absolute atomic E-state index is 13.0. The van der Waals surface area contributed by atoms with Gasteiger partial charge < -0.3 is 10.6 Å². The molecule has 1 aliphatic heterocycles. The number of carbonyl (C=O) groups is 2. The van der Waals surface area contributed by atoms with Crippen molar-refractivity contribution in [1.82, 2.24) is 5.32 Å². The molecule has 160 valence electrons. The van der Waals surface area contributed by atoms with Crippen molar-refractivity contribution in [3.05, 3.63) is 66.2 Å². The van der Waals surface area contributed by atoms with Crippen LogP contribution in [0.15, 0.2) is 65.6 Å². The predicted molar refractivity (Wildman–Crippen MR) is 121 cm³/mol. The fraction of sp³-hybridized carbons (Fsp3) is 0.217. The molecule has 8 heteroatoms. The molecule has 2 N–H and O–H groups in total. The second-order valence-corrected chi connectivity index (χ2v) is 10.3. The van der Waals surface area contributed by atoms with E-state index in [4.69, 9.17) is 0 Å². The van der Waals surface area contributed by atoms with E-state index in [-0.39, 0.29) is 22.9 Å². The number of nitrogens with zero attached hydrogens (tertiary/aromatic N) is 1. The van der Waals surface area contributed by atoms with Crippen molar-refractivity contribution in [1.29, 1.82) is 0 Å². The summed E-state index contributed by atoms with van der Waals surface area (Å²) in [5.41, 5.74) is 1.09. The average Bonchev–Trinajstić information content (AvgIpc) is 2.91. The van der Waals surface area contributed by atoms with E-state index in [2.05, 4.69) is 10.6 Å². The van der Waals surface area contributed by atoms with E-state index in [9.17, 15) is 18.0 Å². The van der Waals surface area contributed by atoms with Crippen LogP contribution < -0.4 is 14.9 Å². The lowest BCUT2D eigenvalue weighted by Gasteiger charge is -2.20. The molecule has 3 aromatic carbocycles. The molecule has 0 unspecified atom stereocenters. The molecule has 0 spiro atoms. The summed E-state index contributed by atoms with van der Waals surface area (Å²) in [5.74, 6) is -0.681. The second-order valence-electron chi connectivity index (χ2n) is 8.47. The van der Waals surface area contributed by atoms with Crippen LogP contribution in [0.25, 0.3) is 10.8 Å². The number of amides is 2. The van der Waals surface area contributed by atoms with Crippen LogP contribution in [0, 0.1) is 0 Å². The van der Waals surface area contributed by atoms with Crippen molar-refractivity contribution in [3.63, 3.8) is 0 Å². The molecule has 31 heavy (non-hydrogen) atoms. The molecule has 0 atom stereocenters. The highest BCUT2D eigenvalue weighted by Gasteiger charge is 2.36. The zero-order valence-corrected chi connectivity index (χ0v) is 18.3. The molecule has 0 saturated carbocycles. The monoisotopic (exact) mass is 437 g/mol. The zero-order chi connectivity index (χ0) is 22.4. The molecular weight excluding hydrogens is 414 g/mol. The van der Waals surface area contributed by atoms with Crippen molar-refractivity contribution < 1.29 is 18.0 Å². The van der Waals surface area contributed by atoms with Gasteiger partial charge >= 0.3 is 0 Å². The number of anilines is 2.